The lowest BCUT2D eigenvalue weighted by atomic mass is 10.0. The van der Waals surface area contributed by atoms with Crippen LogP contribution in [0.15, 0.2) is 48.5 Å². The quantitative estimate of drug-likeness (QED) is 0.456. The second-order valence-corrected chi connectivity index (χ2v) is 7.45. The Balaban J connectivity index is 1.76. The van der Waals surface area contributed by atoms with E-state index in [9.17, 15) is 19.5 Å². The van der Waals surface area contributed by atoms with Gasteiger partial charge in [-0.15, -0.1) is 0 Å². The van der Waals surface area contributed by atoms with Crippen LogP contribution in [0, 0.1) is 13.8 Å². The van der Waals surface area contributed by atoms with Crippen LogP contribution >= 0.6 is 0 Å². The van der Waals surface area contributed by atoms with E-state index in [1.807, 2.05) is 62.4 Å². The third-order valence-electron chi connectivity index (χ3n) is 4.81. The summed E-state index contributed by atoms with van der Waals surface area (Å²) in [4.78, 5) is 35.7. The molecule has 2 aromatic rings. The Bertz CT molecular complexity index is 901. The summed E-state index contributed by atoms with van der Waals surface area (Å²) in [5.41, 5.74) is 9.33. The number of carbonyl (C=O) groups is 3. The van der Waals surface area contributed by atoms with Gasteiger partial charge in [-0.2, -0.15) is 0 Å². The molecule has 0 aliphatic rings. The van der Waals surface area contributed by atoms with Crippen LogP contribution in [0.25, 0.3) is 0 Å². The van der Waals surface area contributed by atoms with Crippen molar-refractivity contribution in [2.75, 3.05) is 6.54 Å². The van der Waals surface area contributed by atoms with Gasteiger partial charge < -0.3 is 26.2 Å². The summed E-state index contributed by atoms with van der Waals surface area (Å²) >= 11 is 0. The fraction of sp³-hybridized carbons (Fsp3) is 0.348. The number of aryl methyl sites for hydroxylation is 2. The lowest BCUT2D eigenvalue weighted by Gasteiger charge is -2.18. The number of hydrogen-bond acceptors (Lipinski definition) is 5. The second kappa shape index (κ2) is 11.7. The summed E-state index contributed by atoms with van der Waals surface area (Å²) < 4.78 is 5.04. The maximum atomic E-state index is 12.2. The summed E-state index contributed by atoms with van der Waals surface area (Å²) in [6.07, 6.45) is -1.88. The van der Waals surface area contributed by atoms with Crippen molar-refractivity contribution in [3.63, 3.8) is 0 Å². The van der Waals surface area contributed by atoms with E-state index in [0.29, 0.717) is 0 Å². The Labute approximate surface area is 181 Å². The Morgan fingerprint density at radius 1 is 1.03 bits per heavy atom. The summed E-state index contributed by atoms with van der Waals surface area (Å²) in [6, 6.07) is 14.0. The zero-order valence-corrected chi connectivity index (χ0v) is 17.8. The van der Waals surface area contributed by atoms with E-state index in [2.05, 4.69) is 10.6 Å². The van der Waals surface area contributed by atoms with Crippen molar-refractivity contribution in [3.05, 3.63) is 70.8 Å². The van der Waals surface area contributed by atoms with Gasteiger partial charge in [0.1, 0.15) is 12.6 Å². The first kappa shape index (κ1) is 23.9. The number of rotatable bonds is 10. The number of aliphatic hydroxyl groups is 1. The number of nitrogens with two attached hydrogens (primary N) is 1. The molecule has 0 saturated carbocycles. The molecule has 3 amide bonds. The molecule has 0 aliphatic carbocycles. The molecular formula is C23H29N3O5. The minimum Gasteiger partial charge on any atom is -0.445 e. The van der Waals surface area contributed by atoms with Crippen LogP contribution in [0.5, 0.6) is 0 Å². The van der Waals surface area contributed by atoms with Crippen LogP contribution in [-0.2, 0) is 27.4 Å². The summed E-state index contributed by atoms with van der Waals surface area (Å²) in [6.45, 7) is 3.88. The first-order valence-electron chi connectivity index (χ1n) is 10.0. The van der Waals surface area contributed by atoms with Gasteiger partial charge in [0.05, 0.1) is 12.5 Å². The molecule has 0 bridgehead atoms. The molecule has 0 unspecified atom stereocenters. The molecule has 2 atom stereocenters. The van der Waals surface area contributed by atoms with Gasteiger partial charge in [-0.1, -0.05) is 48.5 Å². The van der Waals surface area contributed by atoms with Gasteiger partial charge in [-0.3, -0.25) is 9.59 Å². The highest BCUT2D eigenvalue weighted by molar-refractivity contribution is 5.87. The average Bonchev–Trinajstić information content (AvgIpc) is 2.73. The number of amides is 3. The van der Waals surface area contributed by atoms with Gasteiger partial charge >= 0.3 is 6.09 Å². The van der Waals surface area contributed by atoms with Crippen molar-refractivity contribution in [1.29, 1.82) is 0 Å². The van der Waals surface area contributed by atoms with Crippen molar-refractivity contribution >= 4 is 17.9 Å². The average molecular weight is 428 g/mol. The van der Waals surface area contributed by atoms with E-state index in [4.69, 9.17) is 10.5 Å². The van der Waals surface area contributed by atoms with E-state index in [-0.39, 0.29) is 26.0 Å². The van der Waals surface area contributed by atoms with E-state index in [1.54, 1.807) is 0 Å². The van der Waals surface area contributed by atoms with Crippen molar-refractivity contribution in [2.45, 2.75) is 45.4 Å². The molecule has 8 heteroatoms. The van der Waals surface area contributed by atoms with Gasteiger partial charge in [0.15, 0.2) is 0 Å². The van der Waals surface area contributed by atoms with Crippen LogP contribution in [0.3, 0.4) is 0 Å². The Morgan fingerprint density at radius 3 is 2.39 bits per heavy atom. The minimum absolute atomic E-state index is 0.0992. The molecule has 0 heterocycles. The Hall–Kier alpha value is -3.39. The molecule has 8 nitrogen and oxygen atoms in total. The van der Waals surface area contributed by atoms with Crippen LogP contribution in [0.2, 0.25) is 0 Å². The molecule has 5 N–H and O–H groups in total. The molecule has 0 saturated heterocycles. The van der Waals surface area contributed by atoms with Gasteiger partial charge in [0.25, 0.3) is 0 Å². The number of nitrogens with one attached hydrogen (secondary N) is 2. The first-order chi connectivity index (χ1) is 14.7. The fourth-order valence-electron chi connectivity index (χ4n) is 2.90. The molecule has 0 aliphatic heterocycles. The Kier molecular flexibility index (Phi) is 9.02. The molecule has 2 aromatic carbocycles. The highest BCUT2D eigenvalue weighted by Crippen LogP contribution is 2.12. The zero-order chi connectivity index (χ0) is 22.8. The van der Waals surface area contributed by atoms with Crippen LogP contribution in [0.1, 0.15) is 28.7 Å². The molecule has 0 spiro atoms. The predicted octanol–water partition coefficient (Wildman–Crippen LogP) is 1.49. The van der Waals surface area contributed by atoms with Gasteiger partial charge in [0, 0.05) is 13.0 Å². The van der Waals surface area contributed by atoms with E-state index < -0.39 is 30.1 Å². The van der Waals surface area contributed by atoms with Crippen LogP contribution in [-0.4, -0.2) is 41.7 Å². The highest BCUT2D eigenvalue weighted by Gasteiger charge is 2.21. The van der Waals surface area contributed by atoms with Crippen molar-refractivity contribution in [2.24, 2.45) is 5.73 Å². The van der Waals surface area contributed by atoms with E-state index in [1.165, 1.54) is 0 Å². The van der Waals surface area contributed by atoms with Crippen LogP contribution < -0.4 is 16.4 Å². The standard InChI is InChI=1S/C23H29N3O5/c1-15-8-9-18(10-16(15)2)11-20(22(24)29)26-21(28)12-19(27)13-25-23(30)31-14-17-6-4-3-5-7-17/h3-10,19-20,27H,11-14H2,1-2H3,(H2,24,29)(H,25,30)(H,26,28)/t19-,20-/m1/s1. The minimum atomic E-state index is -1.14. The summed E-state index contributed by atoms with van der Waals surface area (Å²) in [5.74, 6) is -1.21. The number of primary amides is 1. The SMILES string of the molecule is Cc1ccc(C[C@@H](NC(=O)C[C@@H](O)CNC(=O)OCc2ccccc2)C(N)=O)cc1C. The number of aliphatic hydroxyl groups excluding tert-OH is 1. The lowest BCUT2D eigenvalue weighted by Crippen LogP contribution is -2.47. The van der Waals surface area contributed by atoms with Crippen molar-refractivity contribution in [1.82, 2.24) is 10.6 Å². The molecule has 0 fully saturated rings. The number of alkyl carbamates (subject to hydrolysis) is 1. The zero-order valence-electron chi connectivity index (χ0n) is 17.8. The first-order valence-corrected chi connectivity index (χ1v) is 10.0. The number of ether oxygens (including phenoxy) is 1. The summed E-state index contributed by atoms with van der Waals surface area (Å²) in [7, 11) is 0. The van der Waals surface area contributed by atoms with E-state index >= 15 is 0 Å². The third-order valence-corrected chi connectivity index (χ3v) is 4.81. The van der Waals surface area contributed by atoms with Gasteiger partial charge in [0.2, 0.25) is 11.8 Å². The summed E-state index contributed by atoms with van der Waals surface area (Å²) in [5, 5.41) is 15.0. The fourth-order valence-corrected chi connectivity index (χ4v) is 2.90. The lowest BCUT2D eigenvalue weighted by molar-refractivity contribution is -0.128. The smallest absolute Gasteiger partial charge is 0.407 e. The normalized spacial score (nSPS) is 12.5. The predicted molar refractivity (Wildman–Crippen MR) is 116 cm³/mol. The molecule has 31 heavy (non-hydrogen) atoms. The maximum absolute atomic E-state index is 12.2. The highest BCUT2D eigenvalue weighted by atomic mass is 16.5. The Morgan fingerprint density at radius 2 is 1.74 bits per heavy atom. The van der Waals surface area contributed by atoms with Crippen molar-refractivity contribution in [3.8, 4) is 0 Å². The molecule has 2 rings (SSSR count). The molecule has 166 valence electrons. The molecule has 0 radical (unpaired) electrons. The number of carbonyl (C=O) groups excluding carboxylic acids is 3. The largest absolute Gasteiger partial charge is 0.445 e. The van der Waals surface area contributed by atoms with Gasteiger partial charge in [-0.25, -0.2) is 4.79 Å². The molecular weight excluding hydrogens is 398 g/mol. The third kappa shape index (κ3) is 8.47. The van der Waals surface area contributed by atoms with E-state index in [0.717, 1.165) is 22.3 Å². The van der Waals surface area contributed by atoms with Crippen molar-refractivity contribution < 1.29 is 24.2 Å². The number of hydrogen-bond donors (Lipinski definition) is 4. The monoisotopic (exact) mass is 427 g/mol. The second-order valence-electron chi connectivity index (χ2n) is 7.45. The number of benzene rings is 2. The van der Waals surface area contributed by atoms with Gasteiger partial charge in [-0.05, 0) is 36.1 Å². The van der Waals surface area contributed by atoms with Crippen LogP contribution in [0.4, 0.5) is 4.79 Å². The molecule has 0 aromatic heterocycles. The maximum Gasteiger partial charge on any atom is 0.407 e. The topological polar surface area (TPSA) is 131 Å².